The van der Waals surface area contributed by atoms with Gasteiger partial charge in [0.05, 0.1) is 12.0 Å². The van der Waals surface area contributed by atoms with E-state index in [-0.39, 0.29) is 17.4 Å². The van der Waals surface area contributed by atoms with Crippen molar-refractivity contribution in [1.82, 2.24) is 15.8 Å². The van der Waals surface area contributed by atoms with Crippen LogP contribution in [0.25, 0.3) is 0 Å². The van der Waals surface area contributed by atoms with Gasteiger partial charge in [-0.2, -0.15) is 0 Å². The quantitative estimate of drug-likeness (QED) is 0.730. The van der Waals surface area contributed by atoms with Crippen molar-refractivity contribution in [2.24, 2.45) is 0 Å². The van der Waals surface area contributed by atoms with E-state index in [0.29, 0.717) is 23.7 Å². The molecule has 1 aromatic carbocycles. The number of benzene rings is 1. The first-order valence-electron chi connectivity index (χ1n) is 8.24. The summed E-state index contributed by atoms with van der Waals surface area (Å²) in [4.78, 5) is 37.5. The molecule has 0 bridgehead atoms. The molecule has 26 heavy (non-hydrogen) atoms. The number of thioether (sulfide) groups is 1. The second kappa shape index (κ2) is 7.45. The number of nitrogens with one attached hydrogen (secondary N) is 2. The van der Waals surface area contributed by atoms with E-state index in [0.717, 1.165) is 6.42 Å². The van der Waals surface area contributed by atoms with Crippen molar-refractivity contribution in [3.05, 3.63) is 24.3 Å². The van der Waals surface area contributed by atoms with E-state index in [1.807, 2.05) is 6.92 Å². The number of methoxy groups -OCH3 is 1. The maximum absolute atomic E-state index is 12.3. The Balaban J connectivity index is 1.45. The van der Waals surface area contributed by atoms with Gasteiger partial charge in [-0.15, -0.1) is 11.8 Å². The molecule has 0 aromatic heterocycles. The van der Waals surface area contributed by atoms with Gasteiger partial charge in [-0.25, -0.2) is 0 Å². The zero-order chi connectivity index (χ0) is 18.7. The summed E-state index contributed by atoms with van der Waals surface area (Å²) in [5.74, 6) is 0.813. The number of carbonyl (C=O) groups is 3. The number of carbonyl (C=O) groups excluding carboxylic acids is 3. The summed E-state index contributed by atoms with van der Waals surface area (Å²) in [7, 11) is 1.56. The smallest absolute Gasteiger partial charge is 0.276 e. The van der Waals surface area contributed by atoms with E-state index in [1.54, 1.807) is 48.0 Å². The van der Waals surface area contributed by atoms with Crippen LogP contribution in [0.15, 0.2) is 24.3 Å². The van der Waals surface area contributed by atoms with Crippen LogP contribution in [0.3, 0.4) is 0 Å². The largest absolute Gasteiger partial charge is 0.497 e. The Hall–Kier alpha value is -2.42. The molecule has 2 aliphatic rings. The first kappa shape index (κ1) is 18.4. The van der Waals surface area contributed by atoms with Crippen molar-refractivity contribution in [3.8, 4) is 11.5 Å². The van der Waals surface area contributed by atoms with E-state index in [9.17, 15) is 14.4 Å². The topological polar surface area (TPSA) is 97.0 Å². The molecule has 3 amide bonds. The van der Waals surface area contributed by atoms with Crippen LogP contribution < -0.4 is 20.3 Å². The average Bonchev–Trinajstić information content (AvgIpc) is 3.14. The lowest BCUT2D eigenvalue weighted by Crippen LogP contribution is -2.54. The number of hydrogen-bond acceptors (Lipinski definition) is 6. The molecule has 1 aromatic rings. The van der Waals surface area contributed by atoms with Crippen molar-refractivity contribution in [3.63, 3.8) is 0 Å². The predicted octanol–water partition coefficient (Wildman–Crippen LogP) is 0.675. The van der Waals surface area contributed by atoms with Crippen molar-refractivity contribution >= 4 is 29.5 Å². The lowest BCUT2D eigenvalue weighted by atomic mass is 10.2. The van der Waals surface area contributed by atoms with Gasteiger partial charge in [-0.1, -0.05) is 0 Å². The van der Waals surface area contributed by atoms with Crippen LogP contribution in [-0.2, 0) is 14.4 Å². The van der Waals surface area contributed by atoms with Crippen LogP contribution in [0.4, 0.5) is 0 Å². The number of ether oxygens (including phenoxy) is 2. The third-order valence-corrected chi connectivity index (χ3v) is 6.01. The normalized spacial score (nSPS) is 24.2. The predicted molar refractivity (Wildman–Crippen MR) is 95.5 cm³/mol. The molecule has 0 spiro atoms. The number of rotatable bonds is 5. The van der Waals surface area contributed by atoms with Gasteiger partial charge in [-0.05, 0) is 37.6 Å². The number of hydrogen-bond donors (Lipinski definition) is 2. The Labute approximate surface area is 155 Å². The van der Waals surface area contributed by atoms with E-state index in [2.05, 4.69) is 10.9 Å². The highest BCUT2D eigenvalue weighted by Crippen LogP contribution is 2.47. The minimum Gasteiger partial charge on any atom is -0.497 e. The summed E-state index contributed by atoms with van der Waals surface area (Å²) < 4.78 is 10.4. The van der Waals surface area contributed by atoms with E-state index in [1.165, 1.54) is 0 Å². The SMILES string of the molecule is COc1ccc(OCC(=O)NNC(=O)C2CSC3(C)CCC(=O)N23)cc1. The third kappa shape index (κ3) is 3.72. The van der Waals surface area contributed by atoms with Crippen molar-refractivity contribution in [2.45, 2.75) is 30.7 Å². The van der Waals surface area contributed by atoms with Crippen LogP contribution in [-0.4, -0.2) is 53.0 Å². The van der Waals surface area contributed by atoms with Gasteiger partial charge in [0.2, 0.25) is 5.91 Å². The van der Waals surface area contributed by atoms with Crippen molar-refractivity contribution in [1.29, 1.82) is 0 Å². The molecule has 0 aliphatic carbocycles. The fourth-order valence-electron chi connectivity index (χ4n) is 3.09. The summed E-state index contributed by atoms with van der Waals surface area (Å²) >= 11 is 1.60. The van der Waals surface area contributed by atoms with Gasteiger partial charge in [0.25, 0.3) is 11.8 Å². The molecule has 8 nitrogen and oxygen atoms in total. The summed E-state index contributed by atoms with van der Waals surface area (Å²) in [5.41, 5.74) is 4.71. The van der Waals surface area contributed by atoms with Crippen LogP contribution in [0, 0.1) is 0 Å². The highest BCUT2D eigenvalue weighted by molar-refractivity contribution is 8.01. The van der Waals surface area contributed by atoms with Gasteiger partial charge >= 0.3 is 0 Å². The average molecular weight is 379 g/mol. The van der Waals surface area contributed by atoms with E-state index < -0.39 is 17.9 Å². The maximum Gasteiger partial charge on any atom is 0.276 e. The molecule has 2 fully saturated rings. The Bertz CT molecular complexity index is 711. The summed E-state index contributed by atoms with van der Waals surface area (Å²) in [6.07, 6.45) is 1.19. The molecule has 9 heteroatoms. The molecule has 3 rings (SSSR count). The first-order chi connectivity index (χ1) is 12.4. The van der Waals surface area contributed by atoms with Crippen LogP contribution in [0.1, 0.15) is 19.8 Å². The van der Waals surface area contributed by atoms with E-state index in [4.69, 9.17) is 9.47 Å². The van der Waals surface area contributed by atoms with Gasteiger partial charge in [-0.3, -0.25) is 25.2 Å². The lowest BCUT2D eigenvalue weighted by Gasteiger charge is -2.29. The fourth-order valence-corrected chi connectivity index (χ4v) is 4.52. The minimum atomic E-state index is -0.567. The van der Waals surface area contributed by atoms with Crippen molar-refractivity contribution < 1.29 is 23.9 Å². The number of nitrogens with zero attached hydrogens (tertiary/aromatic N) is 1. The van der Waals surface area contributed by atoms with Gasteiger partial charge in [0.1, 0.15) is 17.5 Å². The van der Waals surface area contributed by atoms with Crippen molar-refractivity contribution in [2.75, 3.05) is 19.5 Å². The third-order valence-electron chi connectivity index (χ3n) is 4.50. The molecule has 0 saturated carbocycles. The Morgan fingerprint density at radius 2 is 1.96 bits per heavy atom. The lowest BCUT2D eigenvalue weighted by molar-refractivity contribution is -0.139. The molecule has 2 N–H and O–H groups in total. The standard InChI is InChI=1S/C17H21N3O5S/c1-17-8-7-15(22)20(17)13(10-26-17)16(23)19-18-14(21)9-25-12-5-3-11(24-2)4-6-12/h3-6,13H,7-10H2,1-2H3,(H,18,21)(H,19,23). The maximum atomic E-state index is 12.3. The monoisotopic (exact) mass is 379 g/mol. The molecule has 2 atom stereocenters. The molecule has 140 valence electrons. The highest BCUT2D eigenvalue weighted by Gasteiger charge is 2.52. The Morgan fingerprint density at radius 3 is 2.65 bits per heavy atom. The van der Waals surface area contributed by atoms with Gasteiger partial charge < -0.3 is 14.4 Å². The second-order valence-electron chi connectivity index (χ2n) is 6.27. The minimum absolute atomic E-state index is 0.0215. The Kier molecular flexibility index (Phi) is 5.26. The molecular formula is C17H21N3O5S. The summed E-state index contributed by atoms with van der Waals surface area (Å²) in [5, 5.41) is 0. The molecule has 2 unspecified atom stereocenters. The van der Waals surface area contributed by atoms with Crippen LogP contribution in [0.5, 0.6) is 11.5 Å². The molecule has 2 aliphatic heterocycles. The van der Waals surface area contributed by atoms with Crippen LogP contribution in [0.2, 0.25) is 0 Å². The Morgan fingerprint density at radius 1 is 1.27 bits per heavy atom. The van der Waals surface area contributed by atoms with Crippen LogP contribution >= 0.6 is 11.8 Å². The second-order valence-corrected chi connectivity index (χ2v) is 7.77. The first-order valence-corrected chi connectivity index (χ1v) is 9.23. The van der Waals surface area contributed by atoms with E-state index >= 15 is 0 Å². The van der Waals surface area contributed by atoms with Gasteiger partial charge in [0, 0.05) is 12.2 Å². The van der Waals surface area contributed by atoms with Gasteiger partial charge in [0.15, 0.2) is 6.61 Å². The molecule has 2 saturated heterocycles. The number of fused-ring (bicyclic) bond motifs is 1. The highest BCUT2D eigenvalue weighted by atomic mass is 32.2. The summed E-state index contributed by atoms with van der Waals surface area (Å²) in [6, 6.07) is 6.23. The fraction of sp³-hybridized carbons (Fsp3) is 0.471. The molecule has 2 heterocycles. The molecule has 0 radical (unpaired) electrons. The number of hydrazine groups is 1. The number of amides is 3. The summed E-state index contributed by atoms with van der Waals surface area (Å²) in [6.45, 7) is 1.73. The molecular weight excluding hydrogens is 358 g/mol. The zero-order valence-corrected chi connectivity index (χ0v) is 15.4. The zero-order valence-electron chi connectivity index (χ0n) is 14.6.